The first-order valence-electron chi connectivity index (χ1n) is 28.3. The molecule has 3 aliphatic rings. The predicted octanol–water partition coefficient (Wildman–Crippen LogP) is 18.0. The first-order valence-corrected chi connectivity index (χ1v) is 28.3. The van der Waals surface area contributed by atoms with Gasteiger partial charge in [0, 0.05) is 42.1 Å². The summed E-state index contributed by atoms with van der Waals surface area (Å²) < 4.78 is 12.4. The summed E-state index contributed by atoms with van der Waals surface area (Å²) in [7, 11) is 1.70. The number of Topliss-reactive ketones (excluding diaryl/α,β-unsaturated/α-hetero) is 1. The maximum atomic E-state index is 13.7. The summed E-state index contributed by atoms with van der Waals surface area (Å²) in [4.78, 5) is 25.5. The molecule has 0 saturated heterocycles. The van der Waals surface area contributed by atoms with E-state index in [0.717, 1.165) is 31.3 Å². The number of hydrogen-bond acceptors (Lipinski definition) is 6. The van der Waals surface area contributed by atoms with Gasteiger partial charge in [-0.1, -0.05) is 192 Å². The van der Waals surface area contributed by atoms with Crippen molar-refractivity contribution in [1.29, 1.82) is 0 Å². The Labute approximate surface area is 458 Å². The van der Waals surface area contributed by atoms with Crippen molar-refractivity contribution in [3.05, 3.63) is 139 Å². The zero-order chi connectivity index (χ0) is 56.9. The number of carbonyl (C=O) groups excluding carboxylic acids is 1. The standard InChI is InChI=1S/C54H84O6.C15H22/c1-19-39-45(52(39,14)15)40(48(2,3)4)21-20-27-59-60-35-54(33-57-18,34-58-28-25-37-31-43(50(8,9)10)47(56)44(32-37)51(11,12)13)26-24-38(55)23-22-36-29-41(49(5,6)7)46-42(30-36)53(46,16)17;1-7-8-13-9-11(2)12(3)14(10-13)15(4,5)6/h19-21,29-31,44,56H,22-28,32-35H2,1-18H3;7,9-10H,1,8H2,2-6H3/b21-20+,39-19+,45-40+;. The maximum Gasteiger partial charge on any atom is 0.133 e. The summed E-state index contributed by atoms with van der Waals surface area (Å²) in [6.45, 7) is 54.8. The van der Waals surface area contributed by atoms with Gasteiger partial charge in [0.2, 0.25) is 0 Å². The quantitative estimate of drug-likeness (QED) is 0.0581. The number of aliphatic hydroxyl groups excluding tert-OH is 1. The number of rotatable bonds is 21. The van der Waals surface area contributed by atoms with E-state index in [0.29, 0.717) is 51.4 Å². The van der Waals surface area contributed by atoms with Crippen LogP contribution in [-0.4, -0.2) is 51.0 Å². The summed E-state index contributed by atoms with van der Waals surface area (Å²) in [5, 5.41) is 11.3. The van der Waals surface area contributed by atoms with Crippen LogP contribution in [0.2, 0.25) is 0 Å². The smallest absolute Gasteiger partial charge is 0.133 e. The van der Waals surface area contributed by atoms with Crippen LogP contribution in [0.3, 0.4) is 0 Å². The van der Waals surface area contributed by atoms with E-state index >= 15 is 0 Å². The minimum atomic E-state index is -0.587. The minimum absolute atomic E-state index is 0.00801. The molecule has 2 aromatic carbocycles. The Hall–Kier alpha value is -3.81. The summed E-state index contributed by atoms with van der Waals surface area (Å²) in [6, 6.07) is 9.25. The van der Waals surface area contributed by atoms with Crippen LogP contribution in [0, 0.1) is 46.8 Å². The fraction of sp³-hybridized carbons (Fsp3) is 0.638. The van der Waals surface area contributed by atoms with Crippen LogP contribution in [-0.2, 0) is 53.1 Å². The molecule has 1 fully saturated rings. The fourth-order valence-corrected chi connectivity index (χ4v) is 11.4. The van der Waals surface area contributed by atoms with Crippen molar-refractivity contribution in [2.75, 3.05) is 40.1 Å². The number of aryl methyl sites for hydroxylation is 2. The van der Waals surface area contributed by atoms with Gasteiger partial charge in [0.1, 0.15) is 12.4 Å². The average Bonchev–Trinajstić information content (AvgIpc) is 4.06. The van der Waals surface area contributed by atoms with Crippen LogP contribution in [0.25, 0.3) is 0 Å². The third kappa shape index (κ3) is 16.6. The van der Waals surface area contributed by atoms with E-state index in [4.69, 9.17) is 19.2 Å². The lowest BCUT2D eigenvalue weighted by atomic mass is 9.69. The monoisotopic (exact) mass is 1030 g/mol. The molecule has 3 aliphatic carbocycles. The number of hydrogen-bond donors (Lipinski definition) is 1. The van der Waals surface area contributed by atoms with Gasteiger partial charge in [-0.25, -0.2) is 9.78 Å². The zero-order valence-electron chi connectivity index (χ0n) is 52.0. The van der Waals surface area contributed by atoms with E-state index in [1.165, 1.54) is 66.8 Å². The van der Waals surface area contributed by atoms with Crippen LogP contribution in [0.1, 0.15) is 215 Å². The average molecular weight is 1030 g/mol. The van der Waals surface area contributed by atoms with E-state index in [9.17, 15) is 9.90 Å². The number of benzene rings is 2. The summed E-state index contributed by atoms with van der Waals surface area (Å²) in [5.74, 6) is 0.800. The van der Waals surface area contributed by atoms with Crippen LogP contribution < -0.4 is 0 Å². The molecule has 2 aromatic rings. The van der Waals surface area contributed by atoms with Crippen molar-refractivity contribution in [3.8, 4) is 0 Å². The molecule has 0 amide bonds. The molecule has 6 heteroatoms. The van der Waals surface area contributed by atoms with Crippen LogP contribution in [0.5, 0.6) is 0 Å². The second kappa shape index (κ2) is 24.5. The molecule has 0 spiro atoms. The van der Waals surface area contributed by atoms with Crippen molar-refractivity contribution < 1.29 is 29.1 Å². The van der Waals surface area contributed by atoms with Crippen molar-refractivity contribution in [2.24, 2.45) is 33.0 Å². The molecular weight excluding hydrogens is 925 g/mol. The van der Waals surface area contributed by atoms with E-state index < -0.39 is 5.41 Å². The Morgan fingerprint density at radius 3 is 1.93 bits per heavy atom. The number of ketones is 1. The van der Waals surface area contributed by atoms with Crippen LogP contribution in [0.15, 0.2) is 94.8 Å². The van der Waals surface area contributed by atoms with Crippen LogP contribution in [0.4, 0.5) is 0 Å². The maximum absolute atomic E-state index is 13.7. The molecule has 0 heterocycles. The molecule has 2 unspecified atom stereocenters. The van der Waals surface area contributed by atoms with E-state index in [2.05, 4.69) is 201 Å². The van der Waals surface area contributed by atoms with Gasteiger partial charge in [-0.3, -0.25) is 4.79 Å². The number of aliphatic hydroxyl groups is 1. The highest BCUT2D eigenvalue weighted by molar-refractivity contribution is 5.79. The Morgan fingerprint density at radius 2 is 1.40 bits per heavy atom. The Balaban J connectivity index is 0.000000694. The molecule has 0 bridgehead atoms. The predicted molar refractivity (Wildman–Crippen MR) is 318 cm³/mol. The molecule has 5 rings (SSSR count). The van der Waals surface area contributed by atoms with Gasteiger partial charge < -0.3 is 14.6 Å². The van der Waals surface area contributed by atoms with E-state index in [-0.39, 0.29) is 56.2 Å². The van der Waals surface area contributed by atoms with Gasteiger partial charge in [0.25, 0.3) is 0 Å². The highest BCUT2D eigenvalue weighted by atomic mass is 17.2. The summed E-state index contributed by atoms with van der Waals surface area (Å²) in [6.07, 6.45) is 15.3. The lowest BCUT2D eigenvalue weighted by molar-refractivity contribution is -0.308. The minimum Gasteiger partial charge on any atom is -0.512 e. The molecule has 6 nitrogen and oxygen atoms in total. The van der Waals surface area contributed by atoms with Gasteiger partial charge in [-0.05, 0) is 147 Å². The van der Waals surface area contributed by atoms with Crippen molar-refractivity contribution in [3.63, 3.8) is 0 Å². The first-order chi connectivity index (χ1) is 34.4. The largest absolute Gasteiger partial charge is 0.512 e. The Bertz CT molecular complexity index is 2500. The lowest BCUT2D eigenvalue weighted by Crippen LogP contribution is -2.38. The van der Waals surface area contributed by atoms with E-state index in [1.807, 2.05) is 12.2 Å². The molecule has 418 valence electrons. The topological polar surface area (TPSA) is 74.2 Å². The number of ether oxygens (including phenoxy) is 2. The molecular formula is C69H106O6. The van der Waals surface area contributed by atoms with Crippen molar-refractivity contribution in [2.45, 2.75) is 214 Å². The van der Waals surface area contributed by atoms with Gasteiger partial charge in [0.05, 0.1) is 32.2 Å². The van der Waals surface area contributed by atoms with Crippen molar-refractivity contribution in [1.82, 2.24) is 0 Å². The lowest BCUT2D eigenvalue weighted by Gasteiger charge is -2.38. The third-order valence-corrected chi connectivity index (χ3v) is 16.3. The molecule has 0 radical (unpaired) electrons. The van der Waals surface area contributed by atoms with Gasteiger partial charge in [0.15, 0.2) is 0 Å². The Kier molecular flexibility index (Phi) is 20.8. The second-order valence-electron chi connectivity index (χ2n) is 28.8. The summed E-state index contributed by atoms with van der Waals surface area (Å²) >= 11 is 0. The fourth-order valence-electron chi connectivity index (χ4n) is 11.4. The van der Waals surface area contributed by atoms with Gasteiger partial charge >= 0.3 is 0 Å². The SMILES string of the molecule is C=CCc1cc(C)c(C)c(C(C)(C)C)c1.C\C=C1/C(=C(/C=C/COOCC(CCC(=O)CCc2cc(C(C)(C)C)c3c(c2)C3(C)C)(COC)COCCC2=CC(C(C)(C)C)=C(O)C(C(C)(C)C)C2)C(C)(C)C)C1(C)C. The summed E-state index contributed by atoms with van der Waals surface area (Å²) in [5.41, 5.74) is 17.3. The highest BCUT2D eigenvalue weighted by Crippen LogP contribution is 2.61. The van der Waals surface area contributed by atoms with Crippen molar-refractivity contribution >= 4 is 5.78 Å². The molecule has 1 N–H and O–H groups in total. The van der Waals surface area contributed by atoms with Crippen LogP contribution >= 0.6 is 0 Å². The third-order valence-electron chi connectivity index (χ3n) is 16.3. The molecule has 1 saturated carbocycles. The highest BCUT2D eigenvalue weighted by Gasteiger charge is 2.49. The number of allylic oxidation sites excluding steroid dienone is 9. The normalized spacial score (nSPS) is 19.6. The molecule has 75 heavy (non-hydrogen) atoms. The van der Waals surface area contributed by atoms with Gasteiger partial charge in [-0.2, -0.15) is 0 Å². The molecule has 0 aliphatic heterocycles. The van der Waals surface area contributed by atoms with E-state index in [1.54, 1.807) is 7.11 Å². The molecule has 2 atom stereocenters. The zero-order valence-corrected chi connectivity index (χ0v) is 52.0. The molecule has 0 aromatic heterocycles. The Morgan fingerprint density at radius 1 is 0.773 bits per heavy atom. The number of fused-ring (bicyclic) bond motifs is 1. The number of methoxy groups -OCH3 is 1. The first kappa shape index (κ1) is 63.7. The number of carbonyl (C=O) groups is 1. The second-order valence-corrected chi connectivity index (χ2v) is 28.8. The van der Waals surface area contributed by atoms with Gasteiger partial charge in [-0.15, -0.1) is 6.58 Å².